The fraction of sp³-hybridized carbons (Fsp3) is 0.417. The van der Waals surface area contributed by atoms with E-state index in [1.54, 1.807) is 12.1 Å². The minimum atomic E-state index is -3.55. The number of amides is 1. The molecule has 2 atom stereocenters. The van der Waals surface area contributed by atoms with E-state index < -0.39 is 10.0 Å². The molecule has 0 radical (unpaired) electrons. The molecule has 0 heterocycles. The van der Waals surface area contributed by atoms with Gasteiger partial charge in [0.05, 0.1) is 5.75 Å². The van der Waals surface area contributed by atoms with Crippen molar-refractivity contribution in [3.8, 4) is 0 Å². The van der Waals surface area contributed by atoms with Crippen molar-refractivity contribution >= 4 is 39.1 Å². The first-order chi connectivity index (χ1) is 9.28. The number of primary sulfonamides is 1. The molecule has 2 rings (SSSR count). The number of carbonyl (C=O) groups excluding carboxylic acids is 1. The molecule has 8 heteroatoms. The Labute approximate surface area is 127 Å². The third kappa shape index (κ3) is 4.09. The average Bonchev–Trinajstić information content (AvgIpc) is 3.07. The van der Waals surface area contributed by atoms with Crippen LogP contribution in [0.3, 0.4) is 0 Å². The molecule has 5 nitrogen and oxygen atoms in total. The van der Waals surface area contributed by atoms with Gasteiger partial charge in [0.2, 0.25) is 15.9 Å². The first-order valence-electron chi connectivity index (χ1n) is 6.01. The summed E-state index contributed by atoms with van der Waals surface area (Å²) in [6.07, 6.45) is 0.697. The highest BCUT2D eigenvalue weighted by atomic mass is 35.5. The molecule has 0 bridgehead atoms. The molecular formula is C12H14Cl2N2O3S. The smallest absolute Gasteiger partial charge is 0.223 e. The predicted octanol–water partition coefficient (Wildman–Crippen LogP) is 1.50. The summed E-state index contributed by atoms with van der Waals surface area (Å²) in [4.78, 5) is 11.8. The highest BCUT2D eigenvalue weighted by Gasteiger charge is 2.44. The third-order valence-corrected chi connectivity index (χ3v) is 4.51. The van der Waals surface area contributed by atoms with E-state index in [-0.39, 0.29) is 30.0 Å². The number of sulfonamides is 1. The molecule has 20 heavy (non-hydrogen) atoms. The van der Waals surface area contributed by atoms with Gasteiger partial charge in [-0.2, -0.15) is 0 Å². The summed E-state index contributed by atoms with van der Waals surface area (Å²) in [5.74, 6) is -0.550. The molecule has 1 aliphatic carbocycles. The number of hydrogen-bond acceptors (Lipinski definition) is 3. The lowest BCUT2D eigenvalue weighted by Gasteiger charge is -2.05. The molecule has 0 unspecified atom stereocenters. The second-order valence-corrected chi connectivity index (χ2v) is 7.35. The lowest BCUT2D eigenvalue weighted by atomic mass is 10.1. The van der Waals surface area contributed by atoms with Crippen LogP contribution in [0.15, 0.2) is 18.2 Å². The summed E-state index contributed by atoms with van der Waals surface area (Å²) in [6, 6.07) is 5.19. The van der Waals surface area contributed by atoms with Gasteiger partial charge in [0, 0.05) is 22.5 Å². The van der Waals surface area contributed by atoms with Crippen molar-refractivity contribution in [1.82, 2.24) is 5.32 Å². The molecule has 1 aliphatic rings. The van der Waals surface area contributed by atoms with E-state index in [4.69, 9.17) is 28.3 Å². The van der Waals surface area contributed by atoms with Gasteiger partial charge in [0.1, 0.15) is 0 Å². The van der Waals surface area contributed by atoms with Gasteiger partial charge < -0.3 is 5.32 Å². The molecule has 1 aromatic rings. The molecule has 1 aromatic carbocycles. The van der Waals surface area contributed by atoms with E-state index in [0.29, 0.717) is 16.5 Å². The van der Waals surface area contributed by atoms with E-state index in [0.717, 1.165) is 5.56 Å². The highest BCUT2D eigenvalue weighted by molar-refractivity contribution is 7.89. The second-order valence-electron chi connectivity index (χ2n) is 4.77. The number of benzene rings is 1. The fourth-order valence-corrected chi connectivity index (χ4v) is 3.01. The summed E-state index contributed by atoms with van der Waals surface area (Å²) >= 11 is 11.9. The summed E-state index contributed by atoms with van der Waals surface area (Å²) in [5, 5.41) is 8.51. The number of carbonyl (C=O) groups is 1. The van der Waals surface area contributed by atoms with Crippen molar-refractivity contribution in [2.75, 3.05) is 12.3 Å². The largest absolute Gasteiger partial charge is 0.355 e. The topological polar surface area (TPSA) is 89.3 Å². The average molecular weight is 337 g/mol. The predicted molar refractivity (Wildman–Crippen MR) is 78.3 cm³/mol. The van der Waals surface area contributed by atoms with Crippen molar-refractivity contribution in [3.63, 3.8) is 0 Å². The molecule has 110 valence electrons. The van der Waals surface area contributed by atoms with E-state index in [2.05, 4.69) is 5.32 Å². The molecule has 1 saturated carbocycles. The van der Waals surface area contributed by atoms with Crippen LogP contribution >= 0.6 is 23.2 Å². The molecule has 1 fully saturated rings. The van der Waals surface area contributed by atoms with E-state index >= 15 is 0 Å². The highest BCUT2D eigenvalue weighted by Crippen LogP contribution is 2.49. The normalized spacial score (nSPS) is 21.6. The Bertz CT molecular complexity index is 634. The standard InChI is InChI=1S/C12H14Cl2N2O3S/c13-7-1-2-8(11(14)5-7)9-6-10(9)12(17)16-3-4-20(15,18)19/h1-2,5,9-10H,3-4,6H2,(H,16,17)(H2,15,18,19)/t9-,10+/m1/s1. The first kappa shape index (κ1) is 15.6. The quantitative estimate of drug-likeness (QED) is 0.853. The number of hydrogen-bond donors (Lipinski definition) is 2. The Morgan fingerprint density at radius 3 is 2.70 bits per heavy atom. The number of nitrogens with one attached hydrogen (secondary N) is 1. The van der Waals surface area contributed by atoms with Gasteiger partial charge in [0.25, 0.3) is 0 Å². The SMILES string of the molecule is NS(=O)(=O)CCNC(=O)[C@H]1C[C@@H]1c1ccc(Cl)cc1Cl. The minimum Gasteiger partial charge on any atom is -0.355 e. The van der Waals surface area contributed by atoms with Crippen LogP contribution in [0.25, 0.3) is 0 Å². The van der Waals surface area contributed by atoms with Crippen LogP contribution < -0.4 is 10.5 Å². The lowest BCUT2D eigenvalue weighted by molar-refractivity contribution is -0.122. The number of rotatable bonds is 5. The van der Waals surface area contributed by atoms with Crippen LogP contribution in [0.2, 0.25) is 10.0 Å². The Morgan fingerprint density at radius 2 is 2.10 bits per heavy atom. The maximum Gasteiger partial charge on any atom is 0.223 e. The summed E-state index contributed by atoms with van der Waals surface area (Å²) in [6.45, 7) is 0.0231. The van der Waals surface area contributed by atoms with Gasteiger partial charge >= 0.3 is 0 Å². The van der Waals surface area contributed by atoms with Gasteiger partial charge in [-0.1, -0.05) is 29.3 Å². The Balaban J connectivity index is 1.89. The number of nitrogens with two attached hydrogens (primary N) is 1. The third-order valence-electron chi connectivity index (χ3n) is 3.17. The Kier molecular flexibility index (Phi) is 4.59. The van der Waals surface area contributed by atoms with Crippen molar-refractivity contribution in [1.29, 1.82) is 0 Å². The Morgan fingerprint density at radius 1 is 1.40 bits per heavy atom. The van der Waals surface area contributed by atoms with Crippen LogP contribution in [-0.4, -0.2) is 26.6 Å². The van der Waals surface area contributed by atoms with Gasteiger partial charge in [-0.15, -0.1) is 0 Å². The Hall–Kier alpha value is -0.820. The summed E-state index contributed by atoms with van der Waals surface area (Å²) in [7, 11) is -3.55. The van der Waals surface area contributed by atoms with Gasteiger partial charge in [-0.05, 0) is 30.0 Å². The van der Waals surface area contributed by atoms with Gasteiger partial charge in [0.15, 0.2) is 0 Å². The molecule has 1 amide bonds. The zero-order valence-electron chi connectivity index (χ0n) is 10.5. The molecular weight excluding hydrogens is 323 g/mol. The summed E-state index contributed by atoms with van der Waals surface area (Å²) < 4.78 is 21.5. The van der Waals surface area contributed by atoms with Crippen molar-refractivity contribution < 1.29 is 13.2 Å². The maximum absolute atomic E-state index is 11.8. The second kappa shape index (κ2) is 5.89. The lowest BCUT2D eigenvalue weighted by Crippen LogP contribution is -2.32. The van der Waals surface area contributed by atoms with Crippen molar-refractivity contribution in [3.05, 3.63) is 33.8 Å². The molecule has 0 aromatic heterocycles. The molecule has 0 spiro atoms. The van der Waals surface area contributed by atoms with Gasteiger partial charge in [-0.3, -0.25) is 4.79 Å². The van der Waals surface area contributed by atoms with E-state index in [1.165, 1.54) is 0 Å². The van der Waals surface area contributed by atoms with Gasteiger partial charge in [-0.25, -0.2) is 13.6 Å². The first-order valence-corrected chi connectivity index (χ1v) is 8.48. The zero-order valence-corrected chi connectivity index (χ0v) is 12.8. The number of halogens is 2. The van der Waals surface area contributed by atoms with Crippen LogP contribution in [0.5, 0.6) is 0 Å². The maximum atomic E-state index is 11.8. The monoisotopic (exact) mass is 336 g/mol. The summed E-state index contributed by atoms with van der Waals surface area (Å²) in [5.41, 5.74) is 0.891. The molecule has 0 aliphatic heterocycles. The van der Waals surface area contributed by atoms with Crippen LogP contribution in [0, 0.1) is 5.92 Å². The molecule has 3 N–H and O–H groups in total. The minimum absolute atomic E-state index is 0.0231. The van der Waals surface area contributed by atoms with Crippen molar-refractivity contribution in [2.24, 2.45) is 11.1 Å². The van der Waals surface area contributed by atoms with Crippen molar-refractivity contribution in [2.45, 2.75) is 12.3 Å². The fourth-order valence-electron chi connectivity index (χ4n) is 2.08. The zero-order chi connectivity index (χ0) is 14.9. The van der Waals surface area contributed by atoms with Crippen LogP contribution in [0.4, 0.5) is 0 Å². The van der Waals surface area contributed by atoms with Crippen LogP contribution in [0.1, 0.15) is 17.9 Å². The molecule has 0 saturated heterocycles. The van der Waals surface area contributed by atoms with Crippen LogP contribution in [-0.2, 0) is 14.8 Å². The van der Waals surface area contributed by atoms with E-state index in [9.17, 15) is 13.2 Å². The van der Waals surface area contributed by atoms with E-state index in [1.807, 2.05) is 6.07 Å².